The third kappa shape index (κ3) is 4.99. The second kappa shape index (κ2) is 7.41. The summed E-state index contributed by atoms with van der Waals surface area (Å²) in [5.74, 6) is 0.607. The van der Waals surface area contributed by atoms with Gasteiger partial charge in [0.25, 0.3) is 5.91 Å². The van der Waals surface area contributed by atoms with Crippen LogP contribution in [-0.4, -0.2) is 41.9 Å². The Hall–Kier alpha value is -2.04. The monoisotopic (exact) mass is 264 g/mol. The van der Waals surface area contributed by atoms with Crippen molar-refractivity contribution in [2.24, 2.45) is 5.16 Å². The van der Waals surface area contributed by atoms with Crippen molar-refractivity contribution in [3.05, 3.63) is 29.8 Å². The predicted molar refractivity (Wildman–Crippen MR) is 73.8 cm³/mol. The molecule has 0 aliphatic carbocycles. The molecule has 0 radical (unpaired) electrons. The van der Waals surface area contributed by atoms with Crippen LogP contribution in [0.5, 0.6) is 5.75 Å². The lowest BCUT2D eigenvalue weighted by Gasteiger charge is -2.14. The maximum absolute atomic E-state index is 11.6. The van der Waals surface area contributed by atoms with Crippen LogP contribution in [0, 0.1) is 0 Å². The normalized spacial score (nSPS) is 11.2. The molecule has 0 bridgehead atoms. The number of ether oxygens (including phenoxy) is 1. The fourth-order valence-electron chi connectivity index (χ4n) is 1.47. The van der Waals surface area contributed by atoms with Crippen LogP contribution in [0.25, 0.3) is 0 Å². The standard InChI is InChI=1S/C14H20N2O3/c1-4-16(3)14(17)10-19-13-7-5-12(6-8-13)9-11(2)15-18/h5-8,18H,4,9-10H2,1-3H3/b15-11+. The summed E-state index contributed by atoms with van der Waals surface area (Å²) < 4.78 is 5.41. The van der Waals surface area contributed by atoms with Crippen molar-refractivity contribution in [2.75, 3.05) is 20.2 Å². The maximum Gasteiger partial charge on any atom is 0.260 e. The minimum atomic E-state index is -0.0464. The van der Waals surface area contributed by atoms with Crippen LogP contribution in [0.15, 0.2) is 29.4 Å². The molecule has 0 aromatic heterocycles. The highest BCUT2D eigenvalue weighted by atomic mass is 16.5. The molecule has 1 amide bonds. The number of nitrogens with zero attached hydrogens (tertiary/aromatic N) is 2. The number of carbonyl (C=O) groups is 1. The van der Waals surface area contributed by atoms with Gasteiger partial charge in [0, 0.05) is 20.0 Å². The lowest BCUT2D eigenvalue weighted by atomic mass is 10.1. The Labute approximate surface area is 113 Å². The van der Waals surface area contributed by atoms with Crippen LogP contribution in [0.4, 0.5) is 0 Å². The van der Waals surface area contributed by atoms with Crippen molar-refractivity contribution in [3.63, 3.8) is 0 Å². The summed E-state index contributed by atoms with van der Waals surface area (Å²) in [5.41, 5.74) is 1.67. The molecule has 0 spiro atoms. The molecule has 0 saturated heterocycles. The van der Waals surface area contributed by atoms with E-state index in [1.54, 1.807) is 31.0 Å². The molecular weight excluding hydrogens is 244 g/mol. The molecule has 0 aliphatic heterocycles. The molecule has 0 saturated carbocycles. The first kappa shape index (κ1) is 15.0. The van der Waals surface area contributed by atoms with E-state index >= 15 is 0 Å². The number of rotatable bonds is 6. The highest BCUT2D eigenvalue weighted by Crippen LogP contribution is 2.13. The molecule has 5 heteroatoms. The summed E-state index contributed by atoms with van der Waals surface area (Å²) in [7, 11) is 1.74. The van der Waals surface area contributed by atoms with E-state index in [0.29, 0.717) is 24.4 Å². The molecule has 0 heterocycles. The van der Waals surface area contributed by atoms with E-state index in [2.05, 4.69) is 5.16 Å². The predicted octanol–water partition coefficient (Wildman–Crippen LogP) is 1.94. The molecule has 0 fully saturated rings. The summed E-state index contributed by atoms with van der Waals surface area (Å²) in [4.78, 5) is 13.2. The molecule has 19 heavy (non-hydrogen) atoms. The highest BCUT2D eigenvalue weighted by molar-refractivity contribution is 5.83. The van der Waals surface area contributed by atoms with Crippen LogP contribution in [0.3, 0.4) is 0 Å². The Morgan fingerprint density at radius 1 is 1.37 bits per heavy atom. The van der Waals surface area contributed by atoms with Gasteiger partial charge in [-0.15, -0.1) is 0 Å². The minimum absolute atomic E-state index is 0.0425. The fourth-order valence-corrected chi connectivity index (χ4v) is 1.47. The van der Waals surface area contributed by atoms with E-state index in [4.69, 9.17) is 9.94 Å². The zero-order valence-electron chi connectivity index (χ0n) is 11.6. The number of hydrogen-bond acceptors (Lipinski definition) is 4. The van der Waals surface area contributed by atoms with Gasteiger partial charge in [-0.3, -0.25) is 4.79 Å². The van der Waals surface area contributed by atoms with E-state index in [-0.39, 0.29) is 12.5 Å². The largest absolute Gasteiger partial charge is 0.484 e. The van der Waals surface area contributed by atoms with Crippen LogP contribution in [0.2, 0.25) is 0 Å². The van der Waals surface area contributed by atoms with Crippen molar-refractivity contribution in [1.82, 2.24) is 4.90 Å². The van der Waals surface area contributed by atoms with E-state index < -0.39 is 0 Å². The molecular formula is C14H20N2O3. The topological polar surface area (TPSA) is 62.1 Å². The Bertz CT molecular complexity index is 441. The minimum Gasteiger partial charge on any atom is -0.484 e. The van der Waals surface area contributed by atoms with Crippen molar-refractivity contribution < 1.29 is 14.7 Å². The van der Waals surface area contributed by atoms with Crippen molar-refractivity contribution >= 4 is 11.6 Å². The number of oxime groups is 1. The lowest BCUT2D eigenvalue weighted by Crippen LogP contribution is -2.31. The molecule has 1 N–H and O–H groups in total. The lowest BCUT2D eigenvalue weighted by molar-refractivity contribution is -0.131. The van der Waals surface area contributed by atoms with Gasteiger partial charge in [0.2, 0.25) is 0 Å². The molecule has 1 aromatic rings. The average molecular weight is 264 g/mol. The summed E-state index contributed by atoms with van der Waals surface area (Å²) in [6.45, 7) is 4.38. The number of likely N-dealkylation sites (N-methyl/N-ethyl adjacent to an activating group) is 1. The molecule has 5 nitrogen and oxygen atoms in total. The van der Waals surface area contributed by atoms with Gasteiger partial charge in [-0.2, -0.15) is 0 Å². The molecule has 1 aromatic carbocycles. The Morgan fingerprint density at radius 3 is 2.53 bits per heavy atom. The van der Waals surface area contributed by atoms with Gasteiger partial charge in [-0.25, -0.2) is 0 Å². The molecule has 0 aliphatic rings. The summed E-state index contributed by atoms with van der Waals surface area (Å²) in [5, 5.41) is 11.7. The second-order valence-corrected chi connectivity index (χ2v) is 4.35. The van der Waals surface area contributed by atoms with E-state index in [9.17, 15) is 4.79 Å². The maximum atomic E-state index is 11.6. The SMILES string of the molecule is CCN(C)C(=O)COc1ccc(C/C(C)=N/O)cc1. The van der Waals surface area contributed by atoms with Gasteiger partial charge in [0.15, 0.2) is 6.61 Å². The summed E-state index contributed by atoms with van der Waals surface area (Å²) in [6, 6.07) is 7.38. The number of hydrogen-bond donors (Lipinski definition) is 1. The molecule has 0 unspecified atom stereocenters. The van der Waals surface area contributed by atoms with Gasteiger partial charge in [0.05, 0.1) is 5.71 Å². The second-order valence-electron chi connectivity index (χ2n) is 4.35. The summed E-state index contributed by atoms with van der Waals surface area (Å²) >= 11 is 0. The van der Waals surface area contributed by atoms with Gasteiger partial charge in [0.1, 0.15) is 5.75 Å². The summed E-state index contributed by atoms with van der Waals surface area (Å²) in [6.07, 6.45) is 0.592. The van der Waals surface area contributed by atoms with Crippen molar-refractivity contribution in [3.8, 4) is 5.75 Å². The Morgan fingerprint density at radius 2 is 2.00 bits per heavy atom. The number of benzene rings is 1. The van der Waals surface area contributed by atoms with Crippen LogP contribution >= 0.6 is 0 Å². The fraction of sp³-hybridized carbons (Fsp3) is 0.429. The van der Waals surface area contributed by atoms with Gasteiger partial charge in [-0.05, 0) is 31.5 Å². The van der Waals surface area contributed by atoms with E-state index in [1.165, 1.54) is 0 Å². The number of amides is 1. The highest BCUT2D eigenvalue weighted by Gasteiger charge is 2.07. The number of carbonyl (C=O) groups excluding carboxylic acids is 1. The molecule has 104 valence electrons. The van der Waals surface area contributed by atoms with E-state index in [0.717, 1.165) is 5.56 Å². The van der Waals surface area contributed by atoms with E-state index in [1.807, 2.05) is 19.1 Å². The Kier molecular flexibility index (Phi) is 5.85. The third-order valence-electron chi connectivity index (χ3n) is 2.82. The smallest absolute Gasteiger partial charge is 0.260 e. The van der Waals surface area contributed by atoms with Crippen molar-refractivity contribution in [2.45, 2.75) is 20.3 Å². The molecule has 0 atom stereocenters. The first-order chi connectivity index (χ1) is 9.06. The Balaban J connectivity index is 2.51. The first-order valence-corrected chi connectivity index (χ1v) is 6.20. The molecule has 1 rings (SSSR count). The van der Waals surface area contributed by atoms with Crippen LogP contribution < -0.4 is 4.74 Å². The zero-order chi connectivity index (χ0) is 14.3. The zero-order valence-corrected chi connectivity index (χ0v) is 11.6. The van der Waals surface area contributed by atoms with Crippen molar-refractivity contribution in [1.29, 1.82) is 0 Å². The van der Waals surface area contributed by atoms with Crippen LogP contribution in [0.1, 0.15) is 19.4 Å². The van der Waals surface area contributed by atoms with Gasteiger partial charge in [-0.1, -0.05) is 17.3 Å². The quantitative estimate of drug-likeness (QED) is 0.485. The van der Waals surface area contributed by atoms with Crippen LogP contribution in [-0.2, 0) is 11.2 Å². The average Bonchev–Trinajstić information content (AvgIpc) is 2.45. The first-order valence-electron chi connectivity index (χ1n) is 6.20. The van der Waals surface area contributed by atoms with Gasteiger partial charge >= 0.3 is 0 Å². The third-order valence-corrected chi connectivity index (χ3v) is 2.82. The van der Waals surface area contributed by atoms with Gasteiger partial charge < -0.3 is 14.8 Å².